The van der Waals surface area contributed by atoms with Gasteiger partial charge in [-0.05, 0) is 49.4 Å². The summed E-state index contributed by atoms with van der Waals surface area (Å²) in [5, 5.41) is 5.33. The van der Waals surface area contributed by atoms with Gasteiger partial charge < -0.3 is 19.2 Å². The Kier molecular flexibility index (Phi) is 4.96. The highest BCUT2D eigenvalue weighted by molar-refractivity contribution is 5.99. The van der Waals surface area contributed by atoms with Crippen LogP contribution in [0, 0.1) is 6.92 Å². The van der Waals surface area contributed by atoms with Crippen molar-refractivity contribution in [1.82, 2.24) is 25.1 Å². The number of rotatable bonds is 5. The Labute approximate surface area is 199 Å². The number of nitrogens with zero attached hydrogens (tertiary/aromatic N) is 3. The lowest BCUT2D eigenvalue weighted by molar-refractivity contribution is 0.431. The topological polar surface area (TPSA) is 110 Å². The molecule has 0 unspecified atom stereocenters. The number of ether oxygens (including phenoxy) is 1. The van der Waals surface area contributed by atoms with Gasteiger partial charge in [-0.1, -0.05) is 35.5 Å². The number of aromatic nitrogens is 5. The van der Waals surface area contributed by atoms with Gasteiger partial charge in [-0.15, -0.1) is 0 Å². The first-order valence-electron chi connectivity index (χ1n) is 11.0. The van der Waals surface area contributed by atoms with Crippen LogP contribution in [-0.4, -0.2) is 25.1 Å². The maximum Gasteiger partial charge on any atom is 0.274 e. The Morgan fingerprint density at radius 1 is 0.943 bits per heavy atom. The molecule has 170 valence electrons. The fraction of sp³-hybridized carbons (Fsp3) is 0.0370. The number of aryl methyl sites for hydroxylation is 1. The lowest BCUT2D eigenvalue weighted by atomic mass is 10.1. The van der Waals surface area contributed by atoms with Crippen molar-refractivity contribution in [2.45, 2.75) is 6.92 Å². The van der Waals surface area contributed by atoms with Crippen molar-refractivity contribution in [3.63, 3.8) is 0 Å². The van der Waals surface area contributed by atoms with Gasteiger partial charge in [-0.25, -0.2) is 0 Å². The number of hydrogen-bond acceptors (Lipinski definition) is 6. The Bertz CT molecular complexity index is 1700. The van der Waals surface area contributed by atoms with E-state index in [1.807, 2.05) is 73.7 Å². The Morgan fingerprint density at radius 3 is 2.60 bits per heavy atom. The first kappa shape index (κ1) is 20.6. The van der Waals surface area contributed by atoms with E-state index in [-0.39, 0.29) is 11.4 Å². The second kappa shape index (κ2) is 8.42. The third kappa shape index (κ3) is 3.76. The number of para-hydroxylation sites is 2. The SMILES string of the molecule is Cc1[nH]c(-c2ccccc2Oc2ccccc2)c2cc(-c3nc(-c4cccnc4)no3)[nH]c(=O)c12. The molecule has 8 heteroatoms. The molecule has 4 heterocycles. The normalized spacial score (nSPS) is 11.1. The van der Waals surface area contributed by atoms with Crippen LogP contribution in [0.5, 0.6) is 11.5 Å². The van der Waals surface area contributed by atoms with Crippen LogP contribution in [0.4, 0.5) is 0 Å². The van der Waals surface area contributed by atoms with Crippen molar-refractivity contribution in [3.05, 3.63) is 101 Å². The van der Waals surface area contributed by atoms with Crippen molar-refractivity contribution < 1.29 is 9.26 Å². The zero-order valence-corrected chi connectivity index (χ0v) is 18.6. The largest absolute Gasteiger partial charge is 0.457 e. The molecule has 0 saturated heterocycles. The highest BCUT2D eigenvalue weighted by Gasteiger charge is 2.19. The lowest BCUT2D eigenvalue weighted by Gasteiger charge is -2.11. The molecule has 0 atom stereocenters. The van der Waals surface area contributed by atoms with E-state index in [1.165, 1.54) is 0 Å². The third-order valence-electron chi connectivity index (χ3n) is 5.69. The molecule has 0 aliphatic rings. The summed E-state index contributed by atoms with van der Waals surface area (Å²) in [6.45, 7) is 1.87. The molecule has 0 amide bonds. The van der Waals surface area contributed by atoms with Crippen molar-refractivity contribution >= 4 is 10.8 Å². The zero-order chi connectivity index (χ0) is 23.8. The minimum absolute atomic E-state index is 0.210. The molecule has 0 aliphatic heterocycles. The van der Waals surface area contributed by atoms with Gasteiger partial charge in [-0.3, -0.25) is 9.78 Å². The molecule has 0 spiro atoms. The number of nitrogens with one attached hydrogen (secondary N) is 2. The second-order valence-electron chi connectivity index (χ2n) is 8.00. The van der Waals surface area contributed by atoms with Crippen LogP contribution in [-0.2, 0) is 0 Å². The maximum absolute atomic E-state index is 13.1. The summed E-state index contributed by atoms with van der Waals surface area (Å²) in [7, 11) is 0. The fourth-order valence-electron chi connectivity index (χ4n) is 4.10. The summed E-state index contributed by atoms with van der Waals surface area (Å²) < 4.78 is 11.6. The molecule has 8 nitrogen and oxygen atoms in total. The second-order valence-corrected chi connectivity index (χ2v) is 8.00. The van der Waals surface area contributed by atoms with Crippen molar-refractivity contribution in [2.75, 3.05) is 0 Å². The molecule has 2 aromatic carbocycles. The summed E-state index contributed by atoms with van der Waals surface area (Å²) in [4.78, 5) is 27.9. The number of hydrogen-bond donors (Lipinski definition) is 2. The van der Waals surface area contributed by atoms with Crippen LogP contribution in [0.25, 0.3) is 45.0 Å². The standard InChI is InChI=1S/C27H19N5O3/c1-16-23-20(24(29-16)19-11-5-6-12-22(19)34-18-9-3-2-4-10-18)14-21(30-26(23)33)27-31-25(32-35-27)17-8-7-13-28-15-17/h2-15,29H,1H3,(H,30,33). The van der Waals surface area contributed by atoms with Gasteiger partial charge in [0.2, 0.25) is 5.82 Å². The number of aromatic amines is 2. The van der Waals surface area contributed by atoms with E-state index in [1.54, 1.807) is 18.5 Å². The van der Waals surface area contributed by atoms with Crippen LogP contribution in [0.15, 0.2) is 94.5 Å². The van der Waals surface area contributed by atoms with Crippen LogP contribution < -0.4 is 10.3 Å². The molecule has 0 saturated carbocycles. The molecule has 0 bridgehead atoms. The van der Waals surface area contributed by atoms with Gasteiger partial charge in [-0.2, -0.15) is 4.98 Å². The molecule has 6 rings (SSSR count). The van der Waals surface area contributed by atoms with E-state index in [9.17, 15) is 4.79 Å². The van der Waals surface area contributed by atoms with Crippen LogP contribution in [0.2, 0.25) is 0 Å². The minimum atomic E-state index is -0.250. The average molecular weight is 461 g/mol. The van der Waals surface area contributed by atoms with Crippen molar-refractivity contribution in [1.29, 1.82) is 0 Å². The van der Waals surface area contributed by atoms with Gasteiger partial charge in [0.1, 0.15) is 17.2 Å². The molecular weight excluding hydrogens is 442 g/mol. The van der Waals surface area contributed by atoms with Gasteiger partial charge in [0.25, 0.3) is 11.4 Å². The van der Waals surface area contributed by atoms with E-state index >= 15 is 0 Å². The van der Waals surface area contributed by atoms with E-state index in [0.717, 1.165) is 33.7 Å². The van der Waals surface area contributed by atoms with Gasteiger partial charge in [0.15, 0.2) is 0 Å². The van der Waals surface area contributed by atoms with Crippen LogP contribution in [0.1, 0.15) is 5.69 Å². The predicted molar refractivity (Wildman–Crippen MR) is 132 cm³/mol. The molecule has 4 aromatic heterocycles. The molecule has 2 N–H and O–H groups in total. The Hall–Kier alpha value is -4.98. The van der Waals surface area contributed by atoms with Gasteiger partial charge in [0.05, 0.1) is 11.1 Å². The molecule has 6 aromatic rings. The molecule has 35 heavy (non-hydrogen) atoms. The number of H-pyrrole nitrogens is 2. The highest BCUT2D eigenvalue weighted by atomic mass is 16.5. The number of fused-ring (bicyclic) bond motifs is 1. The van der Waals surface area contributed by atoms with Gasteiger partial charge in [0, 0.05) is 34.6 Å². The molecular formula is C27H19N5O3. The highest BCUT2D eigenvalue weighted by Crippen LogP contribution is 2.37. The van der Waals surface area contributed by atoms with Crippen LogP contribution >= 0.6 is 0 Å². The quantitative estimate of drug-likeness (QED) is 0.339. The fourth-order valence-corrected chi connectivity index (χ4v) is 4.10. The lowest BCUT2D eigenvalue weighted by Crippen LogP contribution is -2.07. The van der Waals surface area contributed by atoms with E-state index < -0.39 is 0 Å². The van der Waals surface area contributed by atoms with Crippen LogP contribution in [0.3, 0.4) is 0 Å². The summed E-state index contributed by atoms with van der Waals surface area (Å²) in [6.07, 6.45) is 3.32. The van der Waals surface area contributed by atoms with E-state index in [2.05, 4.69) is 25.1 Å². The van der Waals surface area contributed by atoms with E-state index in [4.69, 9.17) is 9.26 Å². The Morgan fingerprint density at radius 2 is 1.77 bits per heavy atom. The number of benzene rings is 2. The minimum Gasteiger partial charge on any atom is -0.457 e. The predicted octanol–water partition coefficient (Wildman–Crippen LogP) is 5.74. The monoisotopic (exact) mass is 461 g/mol. The first-order chi connectivity index (χ1) is 17.2. The first-order valence-corrected chi connectivity index (χ1v) is 11.0. The summed E-state index contributed by atoms with van der Waals surface area (Å²) in [6, 6.07) is 22.7. The molecule has 0 radical (unpaired) electrons. The van der Waals surface area contributed by atoms with Crippen molar-refractivity contribution in [3.8, 4) is 45.7 Å². The summed E-state index contributed by atoms with van der Waals surface area (Å²) >= 11 is 0. The summed E-state index contributed by atoms with van der Waals surface area (Å²) in [5.41, 5.74) is 3.23. The average Bonchev–Trinajstić information content (AvgIpc) is 3.51. The number of pyridine rings is 2. The van der Waals surface area contributed by atoms with Crippen molar-refractivity contribution in [2.24, 2.45) is 0 Å². The van der Waals surface area contributed by atoms with E-state index in [0.29, 0.717) is 22.7 Å². The Balaban J connectivity index is 1.48. The molecule has 0 fully saturated rings. The smallest absolute Gasteiger partial charge is 0.274 e. The maximum atomic E-state index is 13.1. The zero-order valence-electron chi connectivity index (χ0n) is 18.6. The molecule has 0 aliphatic carbocycles. The van der Waals surface area contributed by atoms with Gasteiger partial charge >= 0.3 is 0 Å². The summed E-state index contributed by atoms with van der Waals surface area (Å²) in [5.74, 6) is 1.99. The third-order valence-corrected chi connectivity index (χ3v) is 5.69.